The van der Waals surface area contributed by atoms with Crippen LogP contribution >= 0.6 is 15.9 Å². The van der Waals surface area contributed by atoms with Crippen molar-refractivity contribution in [1.82, 2.24) is 0 Å². The summed E-state index contributed by atoms with van der Waals surface area (Å²) in [4.78, 5) is 10.4. The summed E-state index contributed by atoms with van der Waals surface area (Å²) in [6.45, 7) is 0. The molecule has 3 N–H and O–H groups in total. The summed E-state index contributed by atoms with van der Waals surface area (Å²) < 4.78 is 13.3. The summed E-state index contributed by atoms with van der Waals surface area (Å²) in [7, 11) is 0. The number of carboxylic acid groups (broad SMARTS) is 1. The number of phenols is 1. The molecule has 0 radical (unpaired) electrons. The van der Waals surface area contributed by atoms with Crippen LogP contribution < -0.4 is 0 Å². The number of benzene rings is 1. The Hall–Kier alpha value is -1.14. The molecule has 0 aliphatic carbocycles. The van der Waals surface area contributed by atoms with E-state index < -0.39 is 29.2 Å². The SMILES string of the molecule is O=C(O)C(O)c1c(Br)ccc(O)c1F. The maximum Gasteiger partial charge on any atom is 0.337 e. The van der Waals surface area contributed by atoms with E-state index in [9.17, 15) is 9.18 Å². The molecule has 0 spiro atoms. The fourth-order valence-electron chi connectivity index (χ4n) is 0.932. The summed E-state index contributed by atoms with van der Waals surface area (Å²) in [5.74, 6) is -3.44. The third-order valence-corrected chi connectivity index (χ3v) is 2.31. The van der Waals surface area contributed by atoms with Crippen molar-refractivity contribution >= 4 is 21.9 Å². The van der Waals surface area contributed by atoms with Gasteiger partial charge in [0.2, 0.25) is 0 Å². The summed E-state index contributed by atoms with van der Waals surface area (Å²) >= 11 is 2.88. The quantitative estimate of drug-likeness (QED) is 0.755. The van der Waals surface area contributed by atoms with Gasteiger partial charge in [0.1, 0.15) is 0 Å². The third-order valence-electron chi connectivity index (χ3n) is 1.61. The molecule has 76 valence electrons. The number of aliphatic hydroxyl groups is 1. The van der Waals surface area contributed by atoms with Crippen molar-refractivity contribution in [3.63, 3.8) is 0 Å². The molecule has 6 heteroatoms. The molecule has 14 heavy (non-hydrogen) atoms. The Bertz CT molecular complexity index is 380. The lowest BCUT2D eigenvalue weighted by molar-refractivity contribution is -0.147. The third kappa shape index (κ3) is 1.85. The van der Waals surface area contributed by atoms with Crippen molar-refractivity contribution in [1.29, 1.82) is 0 Å². The van der Waals surface area contributed by atoms with Gasteiger partial charge >= 0.3 is 5.97 Å². The predicted molar refractivity (Wildman–Crippen MR) is 48.4 cm³/mol. The summed E-state index contributed by atoms with van der Waals surface area (Å²) in [6, 6.07) is 2.30. The van der Waals surface area contributed by atoms with E-state index in [1.54, 1.807) is 0 Å². The lowest BCUT2D eigenvalue weighted by Crippen LogP contribution is -2.13. The Morgan fingerprint density at radius 1 is 1.50 bits per heavy atom. The molecule has 1 atom stereocenters. The van der Waals surface area contributed by atoms with E-state index in [2.05, 4.69) is 15.9 Å². The number of aliphatic hydroxyl groups excluding tert-OH is 1. The second kappa shape index (κ2) is 3.93. The van der Waals surface area contributed by atoms with Gasteiger partial charge in [-0.2, -0.15) is 0 Å². The molecule has 0 saturated heterocycles. The highest BCUT2D eigenvalue weighted by Gasteiger charge is 2.24. The second-order valence-electron chi connectivity index (χ2n) is 2.53. The molecule has 1 aromatic carbocycles. The maximum atomic E-state index is 13.2. The Morgan fingerprint density at radius 2 is 2.07 bits per heavy atom. The van der Waals surface area contributed by atoms with E-state index in [0.29, 0.717) is 0 Å². The van der Waals surface area contributed by atoms with Crippen LogP contribution in [-0.4, -0.2) is 21.3 Å². The van der Waals surface area contributed by atoms with Crippen molar-refractivity contribution in [2.45, 2.75) is 6.10 Å². The molecule has 0 heterocycles. The zero-order chi connectivity index (χ0) is 10.9. The predicted octanol–water partition coefficient (Wildman–Crippen LogP) is 1.41. The standard InChI is InChI=1S/C8H6BrFO4/c9-3-1-2-4(11)6(10)5(3)7(12)8(13)14/h1-2,7,11-12H,(H,13,14). The average molecular weight is 265 g/mol. The van der Waals surface area contributed by atoms with E-state index in [4.69, 9.17) is 15.3 Å². The molecular weight excluding hydrogens is 259 g/mol. The first-order valence-electron chi connectivity index (χ1n) is 3.53. The number of phenolic OH excluding ortho intramolecular Hbond substituents is 1. The Labute approximate surface area is 86.7 Å². The molecule has 0 fully saturated rings. The fourth-order valence-corrected chi connectivity index (χ4v) is 1.46. The number of carbonyl (C=O) groups is 1. The molecule has 4 nitrogen and oxygen atoms in total. The summed E-state index contributed by atoms with van der Waals surface area (Å²) in [5.41, 5.74) is -0.488. The zero-order valence-electron chi connectivity index (χ0n) is 6.74. The van der Waals surface area contributed by atoms with Gasteiger partial charge in [0.05, 0.1) is 0 Å². The van der Waals surface area contributed by atoms with Crippen LogP contribution in [0.3, 0.4) is 0 Å². The van der Waals surface area contributed by atoms with Crippen LogP contribution in [0.1, 0.15) is 11.7 Å². The number of rotatable bonds is 2. The van der Waals surface area contributed by atoms with Crippen LogP contribution in [0.15, 0.2) is 16.6 Å². The van der Waals surface area contributed by atoms with Gasteiger partial charge in [-0.1, -0.05) is 15.9 Å². The Balaban J connectivity index is 3.32. The van der Waals surface area contributed by atoms with Crippen molar-refractivity contribution < 1.29 is 24.5 Å². The van der Waals surface area contributed by atoms with E-state index in [1.807, 2.05) is 0 Å². The molecule has 0 aromatic heterocycles. The highest BCUT2D eigenvalue weighted by Crippen LogP contribution is 2.31. The molecule has 0 amide bonds. The highest BCUT2D eigenvalue weighted by molar-refractivity contribution is 9.10. The minimum atomic E-state index is -2.00. The van der Waals surface area contributed by atoms with Gasteiger partial charge in [-0.25, -0.2) is 9.18 Å². The lowest BCUT2D eigenvalue weighted by Gasteiger charge is -2.10. The Kier molecular flexibility index (Phi) is 3.07. The summed E-state index contributed by atoms with van der Waals surface area (Å²) in [5, 5.41) is 26.5. The maximum absolute atomic E-state index is 13.2. The van der Waals surface area contributed by atoms with Crippen LogP contribution in [0.2, 0.25) is 0 Å². The molecule has 1 aromatic rings. The summed E-state index contributed by atoms with van der Waals surface area (Å²) in [6.07, 6.45) is -2.00. The monoisotopic (exact) mass is 264 g/mol. The van der Waals surface area contributed by atoms with Gasteiger partial charge < -0.3 is 15.3 Å². The lowest BCUT2D eigenvalue weighted by atomic mass is 10.1. The van der Waals surface area contributed by atoms with Crippen LogP contribution in [0.5, 0.6) is 5.75 Å². The van der Waals surface area contributed by atoms with Crippen LogP contribution in [-0.2, 0) is 4.79 Å². The topological polar surface area (TPSA) is 77.8 Å². The fraction of sp³-hybridized carbons (Fsp3) is 0.125. The van der Waals surface area contributed by atoms with Crippen LogP contribution in [0.4, 0.5) is 4.39 Å². The van der Waals surface area contributed by atoms with Crippen LogP contribution in [0.25, 0.3) is 0 Å². The first-order valence-corrected chi connectivity index (χ1v) is 4.32. The molecule has 0 aliphatic rings. The molecule has 1 rings (SSSR count). The van der Waals surface area contributed by atoms with Gasteiger partial charge in [-0.15, -0.1) is 0 Å². The molecule has 0 aliphatic heterocycles. The highest BCUT2D eigenvalue weighted by atomic mass is 79.9. The van der Waals surface area contributed by atoms with Gasteiger partial charge in [0.15, 0.2) is 17.7 Å². The van der Waals surface area contributed by atoms with Crippen molar-refractivity contribution in [3.8, 4) is 5.75 Å². The van der Waals surface area contributed by atoms with Gasteiger partial charge in [0.25, 0.3) is 0 Å². The molecule has 0 saturated carbocycles. The molecular formula is C8H6BrFO4. The second-order valence-corrected chi connectivity index (χ2v) is 3.39. The van der Waals surface area contributed by atoms with Crippen molar-refractivity contribution in [3.05, 3.63) is 28.0 Å². The van der Waals surface area contributed by atoms with E-state index >= 15 is 0 Å². The number of carboxylic acids is 1. The average Bonchev–Trinajstić information content (AvgIpc) is 2.12. The minimum absolute atomic E-state index is 0.0858. The van der Waals surface area contributed by atoms with Gasteiger partial charge in [-0.3, -0.25) is 0 Å². The van der Waals surface area contributed by atoms with Crippen LogP contribution in [0, 0.1) is 5.82 Å². The first kappa shape index (κ1) is 10.9. The number of hydrogen-bond acceptors (Lipinski definition) is 3. The van der Waals surface area contributed by atoms with Crippen molar-refractivity contribution in [2.24, 2.45) is 0 Å². The smallest absolute Gasteiger partial charge is 0.337 e. The number of aromatic hydroxyl groups is 1. The first-order chi connectivity index (χ1) is 6.45. The van der Waals surface area contributed by atoms with E-state index in [1.165, 1.54) is 6.07 Å². The van der Waals surface area contributed by atoms with E-state index in [0.717, 1.165) is 6.07 Å². The van der Waals surface area contributed by atoms with Crippen molar-refractivity contribution in [2.75, 3.05) is 0 Å². The largest absolute Gasteiger partial charge is 0.505 e. The zero-order valence-corrected chi connectivity index (χ0v) is 8.32. The molecule has 1 unspecified atom stereocenters. The number of aliphatic carboxylic acids is 1. The van der Waals surface area contributed by atoms with Gasteiger partial charge in [0, 0.05) is 10.0 Å². The van der Waals surface area contributed by atoms with E-state index in [-0.39, 0.29) is 4.47 Å². The number of hydrogen-bond donors (Lipinski definition) is 3. The molecule has 0 bridgehead atoms. The minimum Gasteiger partial charge on any atom is -0.505 e. The van der Waals surface area contributed by atoms with Gasteiger partial charge in [-0.05, 0) is 12.1 Å². The Morgan fingerprint density at radius 3 is 2.57 bits per heavy atom. The number of halogens is 2. The normalized spacial score (nSPS) is 12.5.